The number of hydrogen-bond donors (Lipinski definition) is 5. The van der Waals surface area contributed by atoms with E-state index in [-0.39, 0.29) is 23.0 Å². The van der Waals surface area contributed by atoms with Gasteiger partial charge in [-0.1, -0.05) is 44.7 Å². The maximum Gasteiger partial charge on any atom is 0.496 e. The van der Waals surface area contributed by atoms with Gasteiger partial charge >= 0.3 is 7.12 Å². The van der Waals surface area contributed by atoms with Crippen LogP contribution in [0.5, 0.6) is 17.2 Å². The number of nitrogens with two attached hydrogens (primary N) is 3. The second-order valence-corrected chi connectivity index (χ2v) is 18.6. The number of methoxy groups -OCH3 is 3. The van der Waals surface area contributed by atoms with Crippen LogP contribution in [0.4, 0.5) is 27.7 Å². The van der Waals surface area contributed by atoms with E-state index in [0.29, 0.717) is 45.0 Å². The van der Waals surface area contributed by atoms with Gasteiger partial charge < -0.3 is 51.4 Å². The largest absolute Gasteiger partial charge is 0.496 e. The Bertz CT molecular complexity index is 2760. The first-order valence-electron chi connectivity index (χ1n) is 19.1. The highest BCUT2D eigenvalue weighted by molar-refractivity contribution is 9.10. The van der Waals surface area contributed by atoms with Gasteiger partial charge in [0.05, 0.1) is 53.0 Å². The normalized spacial score (nSPS) is 13.3. The third kappa shape index (κ3) is 12.8. The smallest absolute Gasteiger partial charge is 0.493 e. The fourth-order valence-corrected chi connectivity index (χ4v) is 8.25. The average molecular weight is 1040 g/mol. The van der Waals surface area contributed by atoms with Gasteiger partial charge in [-0.3, -0.25) is 9.59 Å². The van der Waals surface area contributed by atoms with E-state index in [2.05, 4.69) is 67.4 Å². The van der Waals surface area contributed by atoms with E-state index in [9.17, 15) is 9.59 Å². The zero-order valence-corrected chi connectivity index (χ0v) is 41.2. The lowest BCUT2D eigenvalue weighted by Crippen LogP contribution is -2.41. The summed E-state index contributed by atoms with van der Waals surface area (Å²) in [5.74, 6) is 2.56. The molecule has 22 heteroatoms. The first kappa shape index (κ1) is 49.4. The van der Waals surface area contributed by atoms with E-state index in [1.807, 2.05) is 70.2 Å². The predicted molar refractivity (Wildman–Crippen MR) is 264 cm³/mol. The van der Waals surface area contributed by atoms with Gasteiger partial charge in [0.1, 0.15) is 0 Å². The molecule has 336 valence electrons. The van der Waals surface area contributed by atoms with Gasteiger partial charge in [-0.05, 0) is 97.7 Å². The molecule has 5 aromatic heterocycles. The monoisotopic (exact) mass is 1040 g/mol. The Morgan fingerprint density at radius 1 is 0.625 bits per heavy atom. The molecular formula is C42H47BBr2N10O7S2. The van der Waals surface area contributed by atoms with Crippen LogP contribution >= 0.6 is 54.5 Å². The average Bonchev–Trinajstić information content (AvgIpc) is 3.89. The summed E-state index contributed by atoms with van der Waals surface area (Å²) in [6, 6.07) is 17.1. The molecule has 64 heavy (non-hydrogen) atoms. The number of benzene rings is 2. The molecule has 0 atom stereocenters. The molecule has 0 unspecified atom stereocenters. The molecule has 8 N–H and O–H groups in total. The Morgan fingerprint density at radius 2 is 1.09 bits per heavy atom. The number of nitrogen functional groups attached to an aromatic ring is 3. The third-order valence-corrected chi connectivity index (χ3v) is 12.3. The lowest BCUT2D eigenvalue weighted by molar-refractivity contribution is -0.115. The molecule has 1 fully saturated rings. The van der Waals surface area contributed by atoms with Crippen molar-refractivity contribution in [2.24, 2.45) is 0 Å². The molecule has 0 bridgehead atoms. The molecule has 17 nitrogen and oxygen atoms in total. The number of thiazole rings is 2. The number of hydrogen-bond acceptors (Lipinski definition) is 17. The second-order valence-electron chi connectivity index (χ2n) is 14.7. The Kier molecular flexibility index (Phi) is 16.5. The maximum atomic E-state index is 11.1. The van der Waals surface area contributed by atoms with Crippen molar-refractivity contribution < 1.29 is 33.1 Å². The van der Waals surface area contributed by atoms with Crippen molar-refractivity contribution in [3.63, 3.8) is 0 Å². The molecule has 1 aliphatic heterocycles. The molecule has 0 radical (unpaired) electrons. The van der Waals surface area contributed by atoms with Crippen LogP contribution in [0.15, 0.2) is 82.1 Å². The lowest BCUT2D eigenvalue weighted by atomic mass is 9.80. The van der Waals surface area contributed by atoms with Crippen LogP contribution in [0.25, 0.3) is 31.6 Å². The maximum absolute atomic E-state index is 11.1. The van der Waals surface area contributed by atoms with Crippen molar-refractivity contribution in [3.8, 4) is 28.4 Å². The van der Waals surface area contributed by atoms with Crippen LogP contribution in [-0.2, 0) is 18.9 Å². The summed E-state index contributed by atoms with van der Waals surface area (Å²) >= 11 is 9.52. The van der Waals surface area contributed by atoms with Crippen LogP contribution < -0.4 is 47.5 Å². The van der Waals surface area contributed by atoms with Gasteiger partial charge in [0.2, 0.25) is 11.8 Å². The summed E-state index contributed by atoms with van der Waals surface area (Å²) in [6.45, 7) is 11.0. The van der Waals surface area contributed by atoms with E-state index in [1.165, 1.54) is 36.5 Å². The summed E-state index contributed by atoms with van der Waals surface area (Å²) in [6.07, 6.45) is 4.98. The Labute approximate surface area is 395 Å². The zero-order valence-electron chi connectivity index (χ0n) is 36.4. The number of aromatic nitrogens is 5. The number of nitrogens with one attached hydrogen (secondary N) is 2. The van der Waals surface area contributed by atoms with Gasteiger partial charge in [0, 0.05) is 52.4 Å². The minimum atomic E-state index is -0.447. The molecule has 0 saturated carbocycles. The van der Waals surface area contributed by atoms with Crippen LogP contribution in [0.1, 0.15) is 41.5 Å². The van der Waals surface area contributed by atoms with Crippen molar-refractivity contribution in [2.45, 2.75) is 52.7 Å². The standard InChI is InChI=1S/C15H14N4O2S.C12H19BN2O3.C9H7BrN2OS.C6H7BrN2O/c1-8(20)18-15-19-11-4-3-9(6-13(11)22-15)10-5-12(21-2)14(16)17-7-10;1-11(2)12(3,4)18-13(17-11)8-6-9(16-5)10(14)15-7-8;1-5(13)11-9-12-7-3-2-6(10)4-8(7)14-9;1-10-5-2-4(7)3-9-6(5)8/h3-7H,1-2H3,(H2,16,17)(H,18,19,20);6-7H,1-5H3,(H2,14,15);2-4H,1H3,(H,11,12,13);2-3H,1H3,(H2,8,9). The van der Waals surface area contributed by atoms with Gasteiger partial charge in [0.15, 0.2) is 45.0 Å². The first-order chi connectivity index (χ1) is 30.2. The molecular weight excluding hydrogens is 991 g/mol. The molecule has 0 spiro atoms. The van der Waals surface area contributed by atoms with Crippen molar-refractivity contribution in [3.05, 3.63) is 82.1 Å². The molecule has 1 aliphatic rings. The second kappa shape index (κ2) is 21.4. The highest BCUT2D eigenvalue weighted by atomic mass is 79.9. The summed E-state index contributed by atoms with van der Waals surface area (Å²) in [7, 11) is 4.22. The molecule has 0 aliphatic carbocycles. The van der Waals surface area contributed by atoms with Crippen LogP contribution in [0.3, 0.4) is 0 Å². The van der Waals surface area contributed by atoms with Gasteiger partial charge in [-0.2, -0.15) is 0 Å². The Balaban J connectivity index is 0.000000167. The Morgan fingerprint density at radius 3 is 1.61 bits per heavy atom. The van der Waals surface area contributed by atoms with Crippen molar-refractivity contribution in [2.75, 3.05) is 49.2 Å². The number of anilines is 5. The van der Waals surface area contributed by atoms with Crippen molar-refractivity contribution in [1.82, 2.24) is 24.9 Å². The number of amides is 2. The predicted octanol–water partition coefficient (Wildman–Crippen LogP) is 8.33. The van der Waals surface area contributed by atoms with E-state index < -0.39 is 7.12 Å². The van der Waals surface area contributed by atoms with E-state index in [4.69, 9.17) is 40.7 Å². The minimum Gasteiger partial charge on any atom is -0.493 e. The molecule has 2 aromatic carbocycles. The number of ether oxygens (including phenoxy) is 3. The van der Waals surface area contributed by atoms with E-state index >= 15 is 0 Å². The van der Waals surface area contributed by atoms with Crippen molar-refractivity contribution in [1.29, 1.82) is 0 Å². The zero-order chi connectivity index (χ0) is 46.9. The van der Waals surface area contributed by atoms with E-state index in [1.54, 1.807) is 52.1 Å². The Hall–Kier alpha value is -5.65. The number of nitrogens with zero attached hydrogens (tertiary/aromatic N) is 5. The van der Waals surface area contributed by atoms with Gasteiger partial charge in [-0.15, -0.1) is 0 Å². The summed E-state index contributed by atoms with van der Waals surface area (Å²) in [4.78, 5) is 42.6. The number of rotatable bonds is 7. The van der Waals surface area contributed by atoms with Crippen molar-refractivity contribution >= 4 is 127 Å². The first-order valence-corrected chi connectivity index (χ1v) is 22.4. The number of carbonyl (C=O) groups excluding carboxylic acids is 2. The molecule has 1 saturated heterocycles. The molecule has 8 rings (SSSR count). The van der Waals surface area contributed by atoms with Gasteiger partial charge in [-0.25, -0.2) is 24.9 Å². The summed E-state index contributed by atoms with van der Waals surface area (Å²) in [5, 5.41) is 6.60. The number of pyridine rings is 3. The van der Waals surface area contributed by atoms with Crippen LogP contribution in [-0.4, -0.2) is 76.4 Å². The fraction of sp³-hybridized carbons (Fsp3) is 0.262. The summed E-state index contributed by atoms with van der Waals surface area (Å²) < 4.78 is 31.0. The fourth-order valence-electron chi connectivity index (χ4n) is 5.52. The topological polar surface area (TPSA) is 247 Å². The highest BCUT2D eigenvalue weighted by Gasteiger charge is 2.52. The quantitative estimate of drug-likeness (QED) is 0.0942. The summed E-state index contributed by atoms with van der Waals surface area (Å²) in [5.41, 5.74) is 20.6. The molecule has 2 amide bonds. The minimum absolute atomic E-state index is 0.0943. The van der Waals surface area contributed by atoms with Crippen LogP contribution in [0.2, 0.25) is 0 Å². The number of fused-ring (bicyclic) bond motifs is 2. The lowest BCUT2D eigenvalue weighted by Gasteiger charge is -2.32. The highest BCUT2D eigenvalue weighted by Crippen LogP contribution is 2.37. The third-order valence-electron chi connectivity index (χ3n) is 9.46. The number of carbonyl (C=O) groups is 2. The number of halogens is 2. The molecule has 6 heterocycles. The van der Waals surface area contributed by atoms with Gasteiger partial charge in [0.25, 0.3) is 0 Å². The van der Waals surface area contributed by atoms with E-state index in [0.717, 1.165) is 46.0 Å². The molecule has 7 aromatic rings. The SMILES string of the molecule is CC(=O)Nc1nc2ccc(Br)cc2s1.COc1cc(-c2ccc3nc(NC(C)=O)sc3c2)cnc1N.COc1cc(B2OC(C)(C)C(C)(C)O2)cnc1N.COc1cc(Br)cnc1N. The van der Waals surface area contributed by atoms with Crippen LogP contribution in [0, 0.1) is 0 Å².